The van der Waals surface area contributed by atoms with E-state index in [2.05, 4.69) is 0 Å². The molecule has 1 saturated heterocycles. The fourth-order valence-corrected chi connectivity index (χ4v) is 2.79. The molecule has 1 heterocycles. The molecule has 0 radical (unpaired) electrons. The van der Waals surface area contributed by atoms with Crippen molar-refractivity contribution in [3.05, 3.63) is 34.9 Å². The van der Waals surface area contributed by atoms with E-state index in [0.29, 0.717) is 13.2 Å². The smallest absolute Gasteiger partial charge is 0.370 e. The first-order valence-corrected chi connectivity index (χ1v) is 7.72. The van der Waals surface area contributed by atoms with E-state index in [1.807, 2.05) is 32.0 Å². The maximum absolute atomic E-state index is 12.3. The molecule has 1 aliphatic rings. The minimum atomic E-state index is -4.31. The number of alkyl halides is 3. The zero-order chi connectivity index (χ0) is 17.2. The van der Waals surface area contributed by atoms with E-state index in [-0.39, 0.29) is 12.1 Å². The number of amides is 1. The number of nitrogens with zero attached hydrogens (tertiary/aromatic N) is 1. The third-order valence-corrected chi connectivity index (χ3v) is 4.16. The van der Waals surface area contributed by atoms with Gasteiger partial charge in [-0.05, 0) is 31.9 Å². The minimum Gasteiger partial charge on any atom is -0.370 e. The Hall–Kier alpha value is -1.56. The normalized spacial score (nSPS) is 22.3. The summed E-state index contributed by atoms with van der Waals surface area (Å²) in [6.45, 7) is 6.36. The molecular formula is C17H22F3NO2. The molecule has 0 N–H and O–H groups in total. The summed E-state index contributed by atoms with van der Waals surface area (Å²) in [7, 11) is 0. The maximum Gasteiger partial charge on any atom is 0.389 e. The molecular weight excluding hydrogens is 307 g/mol. The van der Waals surface area contributed by atoms with Crippen molar-refractivity contribution in [2.45, 2.75) is 51.9 Å². The Kier molecular flexibility index (Phi) is 5.34. The molecule has 0 aromatic heterocycles. The lowest BCUT2D eigenvalue weighted by Crippen LogP contribution is -2.48. The summed E-state index contributed by atoms with van der Waals surface area (Å²) in [6, 6.07) is 5.78. The molecule has 0 spiro atoms. The maximum atomic E-state index is 12.3. The summed E-state index contributed by atoms with van der Waals surface area (Å²) in [5, 5.41) is 0. The second-order valence-electron chi connectivity index (χ2n) is 6.19. The summed E-state index contributed by atoms with van der Waals surface area (Å²) in [5.74, 6) is -0.464. The standard InChI is InChI=1S/C17H22F3NO2/c1-11-4-5-12(2)14(8-11)15-9-21(13(3)10-23-15)16(22)6-7-17(18,19)20/h4-5,8,13,15H,6-7,9-10H2,1-3H3/t13-,15-/m1/s1. The van der Waals surface area contributed by atoms with Gasteiger partial charge in [0, 0.05) is 6.42 Å². The highest BCUT2D eigenvalue weighted by Gasteiger charge is 2.34. The number of ether oxygens (including phenoxy) is 1. The zero-order valence-corrected chi connectivity index (χ0v) is 13.6. The first-order valence-electron chi connectivity index (χ1n) is 7.72. The molecule has 6 heteroatoms. The van der Waals surface area contributed by atoms with Crippen molar-refractivity contribution in [3.8, 4) is 0 Å². The number of morpholine rings is 1. The Labute approximate surface area is 134 Å². The van der Waals surface area contributed by atoms with Crippen LogP contribution in [0.2, 0.25) is 0 Å². The van der Waals surface area contributed by atoms with Crippen molar-refractivity contribution in [2.24, 2.45) is 0 Å². The highest BCUT2D eigenvalue weighted by atomic mass is 19.4. The van der Waals surface area contributed by atoms with Crippen LogP contribution in [0.3, 0.4) is 0 Å². The highest BCUT2D eigenvalue weighted by Crippen LogP contribution is 2.29. The van der Waals surface area contributed by atoms with Crippen molar-refractivity contribution in [2.75, 3.05) is 13.2 Å². The van der Waals surface area contributed by atoms with Gasteiger partial charge < -0.3 is 9.64 Å². The monoisotopic (exact) mass is 329 g/mol. The van der Waals surface area contributed by atoms with Gasteiger partial charge in [-0.3, -0.25) is 4.79 Å². The van der Waals surface area contributed by atoms with E-state index in [1.165, 1.54) is 4.90 Å². The van der Waals surface area contributed by atoms with Crippen LogP contribution in [0.1, 0.15) is 42.6 Å². The SMILES string of the molecule is Cc1ccc(C)c([C@H]2CN(C(=O)CCC(F)(F)F)[C@H](C)CO2)c1. The quantitative estimate of drug-likeness (QED) is 0.841. The van der Waals surface area contributed by atoms with Crippen LogP contribution in [-0.4, -0.2) is 36.2 Å². The largest absolute Gasteiger partial charge is 0.389 e. The van der Waals surface area contributed by atoms with Crippen LogP contribution in [0.25, 0.3) is 0 Å². The second kappa shape index (κ2) is 6.91. The topological polar surface area (TPSA) is 29.5 Å². The second-order valence-corrected chi connectivity index (χ2v) is 6.19. The molecule has 0 unspecified atom stereocenters. The highest BCUT2D eigenvalue weighted by molar-refractivity contribution is 5.76. The average Bonchev–Trinajstić information content (AvgIpc) is 2.47. The van der Waals surface area contributed by atoms with Crippen LogP contribution in [0.4, 0.5) is 13.2 Å². The number of hydrogen-bond acceptors (Lipinski definition) is 2. The van der Waals surface area contributed by atoms with Crippen LogP contribution in [0, 0.1) is 13.8 Å². The van der Waals surface area contributed by atoms with Crippen molar-refractivity contribution in [3.63, 3.8) is 0 Å². The molecule has 1 aromatic rings. The summed E-state index contributed by atoms with van der Waals surface area (Å²) in [4.78, 5) is 13.7. The summed E-state index contributed by atoms with van der Waals surface area (Å²) >= 11 is 0. The predicted molar refractivity (Wildman–Crippen MR) is 81.1 cm³/mol. The lowest BCUT2D eigenvalue weighted by Gasteiger charge is -2.39. The lowest BCUT2D eigenvalue weighted by molar-refractivity contribution is -0.156. The Bertz CT molecular complexity index is 571. The fourth-order valence-electron chi connectivity index (χ4n) is 2.79. The third-order valence-electron chi connectivity index (χ3n) is 4.16. The Morgan fingerprint density at radius 1 is 1.35 bits per heavy atom. The van der Waals surface area contributed by atoms with E-state index in [0.717, 1.165) is 16.7 Å². The Balaban J connectivity index is 2.09. The van der Waals surface area contributed by atoms with Crippen LogP contribution >= 0.6 is 0 Å². The molecule has 1 aromatic carbocycles. The van der Waals surface area contributed by atoms with E-state index < -0.39 is 24.9 Å². The summed E-state index contributed by atoms with van der Waals surface area (Å²) < 4.78 is 42.8. The molecule has 1 aliphatic heterocycles. The number of rotatable bonds is 3. The first kappa shape index (κ1) is 17.8. The lowest BCUT2D eigenvalue weighted by atomic mass is 9.98. The third kappa shape index (κ3) is 4.70. The van der Waals surface area contributed by atoms with Crippen molar-refractivity contribution < 1.29 is 22.7 Å². The fraction of sp³-hybridized carbons (Fsp3) is 0.588. The van der Waals surface area contributed by atoms with Gasteiger partial charge in [-0.15, -0.1) is 0 Å². The molecule has 2 rings (SSSR count). The number of halogens is 3. The van der Waals surface area contributed by atoms with Gasteiger partial charge in [0.15, 0.2) is 0 Å². The van der Waals surface area contributed by atoms with Crippen molar-refractivity contribution in [1.29, 1.82) is 0 Å². The van der Waals surface area contributed by atoms with Gasteiger partial charge in [-0.25, -0.2) is 0 Å². The van der Waals surface area contributed by atoms with Crippen molar-refractivity contribution in [1.82, 2.24) is 4.90 Å². The molecule has 2 atom stereocenters. The van der Waals surface area contributed by atoms with Gasteiger partial charge in [-0.2, -0.15) is 13.2 Å². The number of carbonyl (C=O) groups excluding carboxylic acids is 1. The van der Waals surface area contributed by atoms with Gasteiger partial charge in [0.1, 0.15) is 6.10 Å². The minimum absolute atomic E-state index is 0.211. The van der Waals surface area contributed by atoms with E-state index in [4.69, 9.17) is 4.74 Å². The molecule has 1 amide bonds. The molecule has 23 heavy (non-hydrogen) atoms. The van der Waals surface area contributed by atoms with Crippen LogP contribution < -0.4 is 0 Å². The van der Waals surface area contributed by atoms with Crippen LogP contribution in [0.5, 0.6) is 0 Å². The average molecular weight is 329 g/mol. The molecule has 0 saturated carbocycles. The number of aryl methyl sites for hydroxylation is 2. The van der Waals surface area contributed by atoms with E-state index in [1.54, 1.807) is 6.92 Å². The Morgan fingerprint density at radius 2 is 2.04 bits per heavy atom. The zero-order valence-electron chi connectivity index (χ0n) is 13.6. The number of carbonyl (C=O) groups is 1. The first-order chi connectivity index (χ1) is 10.7. The predicted octanol–water partition coefficient (Wildman–Crippen LogP) is 3.93. The Morgan fingerprint density at radius 3 is 2.70 bits per heavy atom. The summed E-state index contributed by atoms with van der Waals surface area (Å²) in [6.07, 6.45) is -6.18. The molecule has 128 valence electrons. The number of hydrogen-bond donors (Lipinski definition) is 0. The van der Waals surface area contributed by atoms with Gasteiger partial charge in [-0.1, -0.05) is 23.8 Å². The molecule has 0 aliphatic carbocycles. The van der Waals surface area contributed by atoms with Gasteiger partial charge in [0.2, 0.25) is 5.91 Å². The molecule has 1 fully saturated rings. The van der Waals surface area contributed by atoms with Gasteiger partial charge in [0.25, 0.3) is 0 Å². The molecule has 3 nitrogen and oxygen atoms in total. The van der Waals surface area contributed by atoms with Crippen molar-refractivity contribution >= 4 is 5.91 Å². The van der Waals surface area contributed by atoms with E-state index >= 15 is 0 Å². The van der Waals surface area contributed by atoms with Gasteiger partial charge in [0.05, 0.1) is 25.6 Å². The number of benzene rings is 1. The van der Waals surface area contributed by atoms with Gasteiger partial charge >= 0.3 is 6.18 Å². The summed E-state index contributed by atoms with van der Waals surface area (Å²) in [5.41, 5.74) is 3.13. The van der Waals surface area contributed by atoms with Crippen LogP contribution in [0.15, 0.2) is 18.2 Å². The molecule has 0 bridgehead atoms. The van der Waals surface area contributed by atoms with E-state index in [9.17, 15) is 18.0 Å². The van der Waals surface area contributed by atoms with Crippen LogP contribution in [-0.2, 0) is 9.53 Å².